The average molecular weight is 158 g/mol. The lowest BCUT2D eigenvalue weighted by atomic mass is 10.2. The summed E-state index contributed by atoms with van der Waals surface area (Å²) in [6, 6.07) is -0.128. The molecule has 1 aliphatic heterocycles. The van der Waals surface area contributed by atoms with E-state index in [0.29, 0.717) is 5.92 Å². The normalized spacial score (nSPS) is 23.8. The molecule has 1 fully saturated rings. The van der Waals surface area contributed by atoms with Gasteiger partial charge >= 0.3 is 6.03 Å². The molecule has 0 aromatic heterocycles. The highest BCUT2D eigenvalue weighted by Crippen LogP contribution is 2.14. The van der Waals surface area contributed by atoms with Crippen molar-refractivity contribution in [3.63, 3.8) is 0 Å². The Morgan fingerprint density at radius 1 is 1.73 bits per heavy atom. The van der Waals surface area contributed by atoms with Crippen molar-refractivity contribution in [2.24, 2.45) is 5.92 Å². The highest BCUT2D eigenvalue weighted by Gasteiger charge is 2.22. The largest absolute Gasteiger partial charge is 0.341 e. The number of rotatable bonds is 1. The van der Waals surface area contributed by atoms with Crippen molar-refractivity contribution in [1.82, 2.24) is 10.4 Å². The van der Waals surface area contributed by atoms with Gasteiger partial charge in [0.05, 0.1) is 7.11 Å². The summed E-state index contributed by atoms with van der Waals surface area (Å²) in [5.74, 6) is 0.623. The van der Waals surface area contributed by atoms with Crippen molar-refractivity contribution in [3.8, 4) is 0 Å². The number of hydroxylamine groups is 1. The summed E-state index contributed by atoms with van der Waals surface area (Å²) < 4.78 is 0. The van der Waals surface area contributed by atoms with Crippen LogP contribution >= 0.6 is 0 Å². The number of amides is 2. The zero-order valence-electron chi connectivity index (χ0n) is 6.96. The number of nitrogens with zero attached hydrogens (tertiary/aromatic N) is 1. The zero-order chi connectivity index (χ0) is 8.27. The Labute approximate surface area is 66.5 Å². The van der Waals surface area contributed by atoms with Gasteiger partial charge in [-0.05, 0) is 12.3 Å². The molecule has 1 rings (SSSR count). The van der Waals surface area contributed by atoms with E-state index in [0.717, 1.165) is 19.5 Å². The second-order valence-electron chi connectivity index (χ2n) is 2.95. The molecule has 0 saturated carbocycles. The van der Waals surface area contributed by atoms with Gasteiger partial charge in [-0.25, -0.2) is 10.3 Å². The fraction of sp³-hybridized carbons (Fsp3) is 0.857. The molecule has 4 heteroatoms. The molecule has 0 radical (unpaired) electrons. The van der Waals surface area contributed by atoms with Crippen LogP contribution in [0.25, 0.3) is 0 Å². The third-order valence-corrected chi connectivity index (χ3v) is 1.90. The van der Waals surface area contributed by atoms with E-state index in [-0.39, 0.29) is 6.03 Å². The number of carbonyl (C=O) groups is 1. The van der Waals surface area contributed by atoms with Crippen LogP contribution in [0, 0.1) is 5.92 Å². The second-order valence-corrected chi connectivity index (χ2v) is 2.95. The van der Waals surface area contributed by atoms with Crippen molar-refractivity contribution < 1.29 is 9.63 Å². The van der Waals surface area contributed by atoms with E-state index in [1.165, 1.54) is 7.11 Å². The Morgan fingerprint density at radius 3 is 2.91 bits per heavy atom. The summed E-state index contributed by atoms with van der Waals surface area (Å²) in [4.78, 5) is 17.3. The van der Waals surface area contributed by atoms with Crippen LogP contribution in [0.15, 0.2) is 0 Å². The Hall–Kier alpha value is -0.770. The van der Waals surface area contributed by atoms with Crippen molar-refractivity contribution in [1.29, 1.82) is 0 Å². The van der Waals surface area contributed by atoms with Crippen LogP contribution in [0.4, 0.5) is 4.79 Å². The smallest absolute Gasteiger partial charge is 0.323 e. The van der Waals surface area contributed by atoms with Gasteiger partial charge < -0.3 is 4.90 Å². The van der Waals surface area contributed by atoms with Crippen LogP contribution in [0.3, 0.4) is 0 Å². The van der Waals surface area contributed by atoms with Crippen molar-refractivity contribution in [2.75, 3.05) is 20.2 Å². The molecule has 0 aliphatic carbocycles. The standard InChI is InChI=1S/C7H14N2O2/c1-6-3-4-9(5-6)7(10)8-11-2/h6H,3-5H2,1-2H3,(H,8,10). The molecule has 2 amide bonds. The first-order valence-electron chi connectivity index (χ1n) is 3.82. The molecule has 1 N–H and O–H groups in total. The summed E-state index contributed by atoms with van der Waals surface area (Å²) in [5.41, 5.74) is 2.30. The molecule has 11 heavy (non-hydrogen) atoms. The molecule has 64 valence electrons. The quantitative estimate of drug-likeness (QED) is 0.568. The lowest BCUT2D eigenvalue weighted by molar-refractivity contribution is 0.0903. The minimum atomic E-state index is -0.128. The highest BCUT2D eigenvalue weighted by atomic mass is 16.6. The number of hydrogen-bond acceptors (Lipinski definition) is 2. The van der Waals surface area contributed by atoms with E-state index >= 15 is 0 Å². The molecular weight excluding hydrogens is 144 g/mol. The molecule has 4 nitrogen and oxygen atoms in total. The Bertz CT molecular complexity index is 149. The van der Waals surface area contributed by atoms with Gasteiger partial charge in [-0.15, -0.1) is 0 Å². The van der Waals surface area contributed by atoms with E-state index < -0.39 is 0 Å². The lowest BCUT2D eigenvalue weighted by Crippen LogP contribution is -2.37. The van der Waals surface area contributed by atoms with Crippen LogP contribution < -0.4 is 5.48 Å². The summed E-state index contributed by atoms with van der Waals surface area (Å²) in [6.45, 7) is 3.83. The Morgan fingerprint density at radius 2 is 2.45 bits per heavy atom. The summed E-state index contributed by atoms with van der Waals surface area (Å²) in [6.07, 6.45) is 1.09. The SMILES string of the molecule is CONC(=O)N1CCC(C)C1. The molecule has 1 unspecified atom stereocenters. The number of nitrogens with one attached hydrogen (secondary N) is 1. The average Bonchev–Trinajstić information content (AvgIpc) is 2.36. The first-order valence-corrected chi connectivity index (χ1v) is 3.82. The number of urea groups is 1. The van der Waals surface area contributed by atoms with Gasteiger partial charge in [0.2, 0.25) is 0 Å². The molecule has 0 aromatic rings. The lowest BCUT2D eigenvalue weighted by Gasteiger charge is -2.14. The van der Waals surface area contributed by atoms with Gasteiger partial charge in [-0.2, -0.15) is 0 Å². The summed E-state index contributed by atoms with van der Waals surface area (Å²) in [5, 5.41) is 0. The monoisotopic (exact) mass is 158 g/mol. The number of likely N-dealkylation sites (tertiary alicyclic amines) is 1. The second kappa shape index (κ2) is 3.57. The molecule has 1 aliphatic rings. The third kappa shape index (κ3) is 2.08. The predicted molar refractivity (Wildman–Crippen MR) is 40.9 cm³/mol. The Kier molecular flexibility index (Phi) is 2.70. The maximum Gasteiger partial charge on any atom is 0.341 e. The van der Waals surface area contributed by atoms with Crippen molar-refractivity contribution >= 4 is 6.03 Å². The van der Waals surface area contributed by atoms with Gasteiger partial charge in [-0.1, -0.05) is 6.92 Å². The van der Waals surface area contributed by atoms with E-state index in [9.17, 15) is 4.79 Å². The van der Waals surface area contributed by atoms with Crippen LogP contribution in [-0.4, -0.2) is 31.1 Å². The van der Waals surface area contributed by atoms with Gasteiger partial charge in [0.15, 0.2) is 0 Å². The maximum atomic E-state index is 11.1. The minimum Gasteiger partial charge on any atom is -0.323 e. The first-order chi connectivity index (χ1) is 5.24. The molecule has 1 saturated heterocycles. The number of carbonyl (C=O) groups excluding carboxylic acids is 1. The molecule has 0 aromatic carbocycles. The molecule has 0 spiro atoms. The predicted octanol–water partition coefficient (Wildman–Crippen LogP) is 0.599. The summed E-state index contributed by atoms with van der Waals surface area (Å²) in [7, 11) is 1.44. The van der Waals surface area contributed by atoms with E-state index in [1.54, 1.807) is 4.90 Å². The molecule has 1 atom stereocenters. The van der Waals surface area contributed by atoms with Crippen molar-refractivity contribution in [2.45, 2.75) is 13.3 Å². The van der Waals surface area contributed by atoms with Crippen molar-refractivity contribution in [3.05, 3.63) is 0 Å². The van der Waals surface area contributed by atoms with Gasteiger partial charge in [0, 0.05) is 13.1 Å². The molecular formula is C7H14N2O2. The molecule has 1 heterocycles. The van der Waals surface area contributed by atoms with Crippen LogP contribution in [0.5, 0.6) is 0 Å². The first kappa shape index (κ1) is 8.33. The fourth-order valence-electron chi connectivity index (χ4n) is 1.27. The van der Waals surface area contributed by atoms with Gasteiger partial charge in [0.1, 0.15) is 0 Å². The van der Waals surface area contributed by atoms with Gasteiger partial charge in [0.25, 0.3) is 0 Å². The van der Waals surface area contributed by atoms with Gasteiger partial charge in [-0.3, -0.25) is 4.84 Å². The zero-order valence-corrected chi connectivity index (χ0v) is 6.96. The van der Waals surface area contributed by atoms with E-state index in [2.05, 4.69) is 17.2 Å². The fourth-order valence-corrected chi connectivity index (χ4v) is 1.27. The van der Waals surface area contributed by atoms with E-state index in [1.807, 2.05) is 0 Å². The summed E-state index contributed by atoms with van der Waals surface area (Å²) >= 11 is 0. The topological polar surface area (TPSA) is 41.6 Å². The van der Waals surface area contributed by atoms with E-state index in [4.69, 9.17) is 0 Å². The maximum absolute atomic E-state index is 11.1. The third-order valence-electron chi connectivity index (χ3n) is 1.90. The van der Waals surface area contributed by atoms with Crippen LogP contribution in [-0.2, 0) is 4.84 Å². The molecule has 0 bridgehead atoms. The van der Waals surface area contributed by atoms with Crippen LogP contribution in [0.2, 0.25) is 0 Å². The minimum absolute atomic E-state index is 0.128. The Balaban J connectivity index is 2.31. The number of hydrogen-bond donors (Lipinski definition) is 1. The van der Waals surface area contributed by atoms with Crippen LogP contribution in [0.1, 0.15) is 13.3 Å². The highest BCUT2D eigenvalue weighted by molar-refractivity contribution is 5.73.